The van der Waals surface area contributed by atoms with E-state index >= 15 is 0 Å². The average Bonchev–Trinajstić information content (AvgIpc) is 2.71. The van der Waals surface area contributed by atoms with Crippen molar-refractivity contribution < 1.29 is 28.7 Å². The predicted molar refractivity (Wildman–Crippen MR) is 106 cm³/mol. The fourth-order valence-electron chi connectivity index (χ4n) is 2.32. The molecule has 1 amide bonds. The summed E-state index contributed by atoms with van der Waals surface area (Å²) in [5.41, 5.74) is 0.974. The summed E-state index contributed by atoms with van der Waals surface area (Å²) in [6.45, 7) is 0.924. The lowest BCUT2D eigenvalue weighted by atomic mass is 10.2. The Morgan fingerprint density at radius 2 is 1.93 bits per heavy atom. The smallest absolute Gasteiger partial charge is 0.344 e. The highest BCUT2D eigenvalue weighted by Crippen LogP contribution is 2.28. The lowest BCUT2D eigenvalue weighted by Gasteiger charge is -2.11. The molecule has 0 saturated carbocycles. The minimum absolute atomic E-state index is 0.164. The number of nitro benzene ring substituents is 1. The molecule has 152 valence electrons. The molecule has 1 N–H and O–H groups in total. The SMILES string of the molecule is C/C=C/c1ccc(OCC(=O)OCC(=O)Nc2cccc([N+](=O)[O-])c2)c(OC)c1. The number of non-ortho nitro benzene ring substituents is 1. The summed E-state index contributed by atoms with van der Waals surface area (Å²) >= 11 is 0. The van der Waals surface area contributed by atoms with E-state index in [9.17, 15) is 19.7 Å². The summed E-state index contributed by atoms with van der Waals surface area (Å²) in [5, 5.41) is 13.2. The van der Waals surface area contributed by atoms with Gasteiger partial charge in [-0.3, -0.25) is 14.9 Å². The van der Waals surface area contributed by atoms with Crippen LogP contribution in [-0.2, 0) is 14.3 Å². The van der Waals surface area contributed by atoms with Crippen LogP contribution in [0.5, 0.6) is 11.5 Å². The zero-order valence-corrected chi connectivity index (χ0v) is 15.9. The second kappa shape index (κ2) is 10.5. The number of nitrogens with zero attached hydrogens (tertiary/aromatic N) is 1. The van der Waals surface area contributed by atoms with Crippen LogP contribution in [0.2, 0.25) is 0 Å². The number of hydrogen-bond donors (Lipinski definition) is 1. The third-order valence-corrected chi connectivity index (χ3v) is 3.60. The zero-order valence-electron chi connectivity index (χ0n) is 15.9. The molecular weight excluding hydrogens is 380 g/mol. The number of carbonyl (C=O) groups is 2. The van der Waals surface area contributed by atoms with E-state index in [1.165, 1.54) is 31.4 Å². The Morgan fingerprint density at radius 3 is 2.62 bits per heavy atom. The normalized spacial score (nSPS) is 10.4. The number of nitrogens with one attached hydrogen (secondary N) is 1. The van der Waals surface area contributed by atoms with Crippen LogP contribution in [-0.4, -0.2) is 37.1 Å². The van der Waals surface area contributed by atoms with Crippen molar-refractivity contribution >= 4 is 29.3 Å². The molecule has 0 fully saturated rings. The average molecular weight is 400 g/mol. The Balaban J connectivity index is 1.83. The van der Waals surface area contributed by atoms with Crippen molar-refractivity contribution in [1.29, 1.82) is 0 Å². The number of nitro groups is 1. The molecule has 0 unspecified atom stereocenters. The van der Waals surface area contributed by atoms with E-state index in [4.69, 9.17) is 14.2 Å². The van der Waals surface area contributed by atoms with Gasteiger partial charge in [0.25, 0.3) is 11.6 Å². The zero-order chi connectivity index (χ0) is 21.2. The van der Waals surface area contributed by atoms with Gasteiger partial charge >= 0.3 is 5.97 Å². The molecule has 0 atom stereocenters. The molecule has 0 saturated heterocycles. The fourth-order valence-corrected chi connectivity index (χ4v) is 2.32. The molecule has 2 aromatic carbocycles. The van der Waals surface area contributed by atoms with E-state index in [0.717, 1.165) is 5.56 Å². The first-order chi connectivity index (χ1) is 13.9. The van der Waals surface area contributed by atoms with Gasteiger partial charge < -0.3 is 19.5 Å². The van der Waals surface area contributed by atoms with Crippen molar-refractivity contribution in [3.8, 4) is 11.5 Å². The summed E-state index contributed by atoms with van der Waals surface area (Å²) in [6, 6.07) is 10.6. The van der Waals surface area contributed by atoms with Gasteiger partial charge in [-0.2, -0.15) is 0 Å². The topological polar surface area (TPSA) is 117 Å². The van der Waals surface area contributed by atoms with E-state index in [0.29, 0.717) is 11.5 Å². The van der Waals surface area contributed by atoms with Crippen LogP contribution in [0.3, 0.4) is 0 Å². The molecular formula is C20H20N2O7. The molecule has 0 aliphatic carbocycles. The number of esters is 1. The Bertz CT molecular complexity index is 925. The number of amides is 1. The Kier molecular flexibility index (Phi) is 7.72. The minimum Gasteiger partial charge on any atom is -0.493 e. The highest BCUT2D eigenvalue weighted by molar-refractivity contribution is 5.93. The van der Waals surface area contributed by atoms with Crippen molar-refractivity contribution in [3.05, 3.63) is 64.2 Å². The van der Waals surface area contributed by atoms with Crippen LogP contribution < -0.4 is 14.8 Å². The van der Waals surface area contributed by atoms with E-state index in [-0.39, 0.29) is 11.4 Å². The minimum atomic E-state index is -0.751. The van der Waals surface area contributed by atoms with Gasteiger partial charge in [0.05, 0.1) is 12.0 Å². The van der Waals surface area contributed by atoms with Gasteiger partial charge in [0.15, 0.2) is 24.7 Å². The van der Waals surface area contributed by atoms with E-state index in [1.807, 2.05) is 19.1 Å². The first-order valence-electron chi connectivity index (χ1n) is 8.56. The van der Waals surface area contributed by atoms with Crippen molar-refractivity contribution in [2.75, 3.05) is 25.6 Å². The van der Waals surface area contributed by atoms with Crippen molar-refractivity contribution in [3.63, 3.8) is 0 Å². The monoisotopic (exact) mass is 400 g/mol. The van der Waals surface area contributed by atoms with Gasteiger partial charge in [-0.05, 0) is 30.7 Å². The number of hydrogen-bond acceptors (Lipinski definition) is 7. The summed E-state index contributed by atoms with van der Waals surface area (Å²) in [6.07, 6.45) is 3.77. The van der Waals surface area contributed by atoms with Crippen LogP contribution in [0.25, 0.3) is 6.08 Å². The summed E-state index contributed by atoms with van der Waals surface area (Å²) in [7, 11) is 1.48. The van der Waals surface area contributed by atoms with Crippen LogP contribution >= 0.6 is 0 Å². The van der Waals surface area contributed by atoms with Gasteiger partial charge in [0.2, 0.25) is 0 Å². The number of allylic oxidation sites excluding steroid dienone is 1. The molecule has 9 heteroatoms. The van der Waals surface area contributed by atoms with Crippen molar-refractivity contribution in [1.82, 2.24) is 0 Å². The Hall–Kier alpha value is -3.88. The summed E-state index contributed by atoms with van der Waals surface area (Å²) < 4.78 is 15.5. The molecule has 0 spiro atoms. The number of methoxy groups -OCH3 is 1. The highest BCUT2D eigenvalue weighted by atomic mass is 16.6. The van der Waals surface area contributed by atoms with Gasteiger partial charge in [-0.1, -0.05) is 24.3 Å². The van der Waals surface area contributed by atoms with Crippen LogP contribution in [0, 0.1) is 10.1 Å². The molecule has 0 bridgehead atoms. The van der Waals surface area contributed by atoms with Gasteiger partial charge in [-0.15, -0.1) is 0 Å². The molecule has 9 nitrogen and oxygen atoms in total. The molecule has 0 heterocycles. The Morgan fingerprint density at radius 1 is 1.14 bits per heavy atom. The molecule has 2 aromatic rings. The first-order valence-corrected chi connectivity index (χ1v) is 8.56. The molecule has 0 aliphatic rings. The first kappa shape index (κ1) is 21.4. The predicted octanol–water partition coefficient (Wildman–Crippen LogP) is 3.20. The van der Waals surface area contributed by atoms with Gasteiger partial charge in [0.1, 0.15) is 0 Å². The second-order valence-electron chi connectivity index (χ2n) is 5.72. The number of rotatable bonds is 9. The van der Waals surface area contributed by atoms with E-state index in [1.54, 1.807) is 18.2 Å². The van der Waals surface area contributed by atoms with Crippen LogP contribution in [0.15, 0.2) is 48.5 Å². The molecule has 2 rings (SSSR count). The van der Waals surface area contributed by atoms with Crippen LogP contribution in [0.4, 0.5) is 11.4 Å². The lowest BCUT2D eigenvalue weighted by Crippen LogP contribution is -2.23. The van der Waals surface area contributed by atoms with Gasteiger partial charge in [0, 0.05) is 17.8 Å². The third kappa shape index (κ3) is 6.65. The van der Waals surface area contributed by atoms with Crippen LogP contribution in [0.1, 0.15) is 12.5 Å². The lowest BCUT2D eigenvalue weighted by molar-refractivity contribution is -0.384. The van der Waals surface area contributed by atoms with Crippen molar-refractivity contribution in [2.24, 2.45) is 0 Å². The number of carbonyl (C=O) groups excluding carboxylic acids is 2. The third-order valence-electron chi connectivity index (χ3n) is 3.60. The number of anilines is 1. The maximum atomic E-state index is 11.8. The summed E-state index contributed by atoms with van der Waals surface area (Å²) in [4.78, 5) is 33.8. The highest BCUT2D eigenvalue weighted by Gasteiger charge is 2.12. The van der Waals surface area contributed by atoms with E-state index in [2.05, 4.69) is 5.32 Å². The van der Waals surface area contributed by atoms with E-state index < -0.39 is 30.0 Å². The largest absolute Gasteiger partial charge is 0.493 e. The molecule has 0 radical (unpaired) electrons. The molecule has 29 heavy (non-hydrogen) atoms. The quantitative estimate of drug-likeness (QED) is 0.390. The number of benzene rings is 2. The van der Waals surface area contributed by atoms with Crippen molar-refractivity contribution in [2.45, 2.75) is 6.92 Å². The van der Waals surface area contributed by atoms with Gasteiger partial charge in [-0.25, -0.2) is 4.79 Å². The standard InChI is InChI=1S/C20H20N2O7/c1-3-5-14-8-9-17(18(10-14)27-2)28-13-20(24)29-12-19(23)21-15-6-4-7-16(11-15)22(25)26/h3-11H,12-13H2,1-2H3,(H,21,23)/b5-3+. The molecule has 0 aromatic heterocycles. The fraction of sp³-hybridized carbons (Fsp3) is 0.200. The maximum Gasteiger partial charge on any atom is 0.344 e. The maximum absolute atomic E-state index is 11.8. The number of ether oxygens (including phenoxy) is 3. The Labute approximate surface area is 167 Å². The summed E-state index contributed by atoms with van der Waals surface area (Å²) in [5.74, 6) is -0.568. The second-order valence-corrected chi connectivity index (χ2v) is 5.72. The molecule has 0 aliphatic heterocycles.